The van der Waals surface area contributed by atoms with Crippen LogP contribution in [0.15, 0.2) is 0 Å². The highest BCUT2D eigenvalue weighted by atomic mass is 16.5. The normalized spacial score (nSPS) is 27.6. The van der Waals surface area contributed by atoms with Crippen LogP contribution in [0.1, 0.15) is 47.0 Å². The summed E-state index contributed by atoms with van der Waals surface area (Å²) < 4.78 is 6.10. The average molecular weight is 340 g/mol. The zero-order valence-corrected chi connectivity index (χ0v) is 16.8. The summed E-state index contributed by atoms with van der Waals surface area (Å²) in [7, 11) is 2.28. The maximum Gasteiger partial charge on any atom is 0.0605 e. The van der Waals surface area contributed by atoms with Gasteiger partial charge in [0.15, 0.2) is 0 Å². The lowest BCUT2D eigenvalue weighted by Crippen LogP contribution is -2.50. The van der Waals surface area contributed by atoms with Gasteiger partial charge in [-0.05, 0) is 31.7 Å². The molecule has 1 atom stereocenters. The lowest BCUT2D eigenvalue weighted by atomic mass is 9.87. The van der Waals surface area contributed by atoms with Crippen LogP contribution in [0.4, 0.5) is 0 Å². The van der Waals surface area contributed by atoms with Crippen molar-refractivity contribution in [2.45, 2.75) is 59.1 Å². The van der Waals surface area contributed by atoms with E-state index in [1.807, 2.05) is 0 Å². The van der Waals surface area contributed by atoms with Gasteiger partial charge in [-0.1, -0.05) is 34.1 Å². The molecule has 0 spiro atoms. The summed E-state index contributed by atoms with van der Waals surface area (Å²) in [5.74, 6) is 1.59. The summed E-state index contributed by atoms with van der Waals surface area (Å²) in [4.78, 5) is 7.72. The molecule has 0 aromatic rings. The Bertz CT molecular complexity index is 336. The average Bonchev–Trinajstić information content (AvgIpc) is 2.50. The van der Waals surface area contributed by atoms with Gasteiger partial charge in [0.25, 0.3) is 0 Å². The van der Waals surface area contributed by atoms with Gasteiger partial charge in [0.05, 0.1) is 12.7 Å². The van der Waals surface area contributed by atoms with Crippen LogP contribution in [0.2, 0.25) is 0 Å². The van der Waals surface area contributed by atoms with Crippen molar-refractivity contribution < 1.29 is 4.74 Å². The number of hydrogen-bond donors (Lipinski definition) is 0. The zero-order valence-electron chi connectivity index (χ0n) is 16.8. The van der Waals surface area contributed by atoms with E-state index in [4.69, 9.17) is 4.74 Å². The maximum absolute atomic E-state index is 6.10. The highest BCUT2D eigenvalue weighted by Gasteiger charge is 2.33. The van der Waals surface area contributed by atoms with E-state index in [9.17, 15) is 0 Å². The highest BCUT2D eigenvalue weighted by molar-refractivity contribution is 4.87. The molecule has 2 rings (SSSR count). The predicted octanol–water partition coefficient (Wildman–Crippen LogP) is 2.79. The van der Waals surface area contributed by atoms with E-state index in [0.717, 1.165) is 31.0 Å². The minimum Gasteiger partial charge on any atom is -0.377 e. The third-order valence-corrected chi connectivity index (χ3v) is 5.84. The molecule has 0 radical (unpaired) electrons. The topological polar surface area (TPSA) is 19.0 Å². The first-order chi connectivity index (χ1) is 11.5. The summed E-state index contributed by atoms with van der Waals surface area (Å²) in [6.07, 6.45) is 4.25. The summed E-state index contributed by atoms with van der Waals surface area (Å²) in [5, 5.41) is 0. The summed E-state index contributed by atoms with van der Waals surface area (Å²) in [5.41, 5.74) is 0. The maximum atomic E-state index is 6.10. The molecule has 0 amide bonds. The molecule has 0 aromatic carbocycles. The fourth-order valence-corrected chi connectivity index (χ4v) is 3.86. The van der Waals surface area contributed by atoms with Crippen LogP contribution < -0.4 is 0 Å². The Kier molecular flexibility index (Phi) is 8.48. The number of hydrogen-bond acceptors (Lipinski definition) is 4. The van der Waals surface area contributed by atoms with Crippen LogP contribution in [0.5, 0.6) is 0 Å². The van der Waals surface area contributed by atoms with Gasteiger partial charge in [0.1, 0.15) is 0 Å². The summed E-state index contributed by atoms with van der Waals surface area (Å²) >= 11 is 0. The van der Waals surface area contributed by atoms with E-state index in [1.165, 1.54) is 58.5 Å². The summed E-state index contributed by atoms with van der Waals surface area (Å²) in [6.45, 7) is 18.6. The van der Waals surface area contributed by atoms with Crippen LogP contribution >= 0.6 is 0 Å². The highest BCUT2D eigenvalue weighted by Crippen LogP contribution is 2.28. The second kappa shape index (κ2) is 10.1. The molecule has 1 saturated heterocycles. The molecular weight excluding hydrogens is 298 g/mol. The van der Waals surface area contributed by atoms with E-state index in [0.29, 0.717) is 6.10 Å². The van der Waals surface area contributed by atoms with Crippen molar-refractivity contribution in [3.63, 3.8) is 0 Å². The predicted molar refractivity (Wildman–Crippen MR) is 103 cm³/mol. The second-order valence-electron chi connectivity index (χ2n) is 8.61. The van der Waals surface area contributed by atoms with Crippen molar-refractivity contribution >= 4 is 0 Å². The third-order valence-electron chi connectivity index (χ3n) is 5.84. The first-order valence-electron chi connectivity index (χ1n) is 10.2. The van der Waals surface area contributed by atoms with Crippen LogP contribution in [0, 0.1) is 11.8 Å². The Balaban J connectivity index is 1.50. The van der Waals surface area contributed by atoms with E-state index in [-0.39, 0.29) is 0 Å². The first kappa shape index (κ1) is 20.2. The fourth-order valence-electron chi connectivity index (χ4n) is 3.86. The molecule has 2 aliphatic rings. The number of ether oxygens (including phenoxy) is 1. The lowest BCUT2D eigenvalue weighted by Gasteiger charge is -2.42. The zero-order chi connectivity index (χ0) is 17.5. The van der Waals surface area contributed by atoms with Crippen LogP contribution in [-0.4, -0.2) is 86.3 Å². The molecule has 4 heteroatoms. The van der Waals surface area contributed by atoms with Crippen molar-refractivity contribution in [1.82, 2.24) is 14.7 Å². The van der Waals surface area contributed by atoms with Gasteiger partial charge in [-0.15, -0.1) is 0 Å². The van der Waals surface area contributed by atoms with Crippen molar-refractivity contribution in [1.29, 1.82) is 0 Å². The number of rotatable bonds is 10. The molecule has 0 aromatic heterocycles. The second-order valence-corrected chi connectivity index (χ2v) is 8.61. The van der Waals surface area contributed by atoms with Gasteiger partial charge >= 0.3 is 0 Å². The van der Waals surface area contributed by atoms with Crippen molar-refractivity contribution in [3.05, 3.63) is 0 Å². The molecule has 0 bridgehead atoms. The third kappa shape index (κ3) is 6.62. The molecule has 24 heavy (non-hydrogen) atoms. The minimum absolute atomic E-state index is 0.511. The van der Waals surface area contributed by atoms with Crippen LogP contribution in [-0.2, 0) is 4.74 Å². The lowest BCUT2D eigenvalue weighted by molar-refractivity contribution is -0.0546. The molecule has 142 valence electrons. The van der Waals surface area contributed by atoms with Crippen LogP contribution in [0.25, 0.3) is 0 Å². The molecule has 1 aliphatic carbocycles. The van der Waals surface area contributed by atoms with Gasteiger partial charge in [-0.3, -0.25) is 4.90 Å². The molecule has 1 aliphatic heterocycles. The van der Waals surface area contributed by atoms with Crippen molar-refractivity contribution in [2.24, 2.45) is 11.8 Å². The quantitative estimate of drug-likeness (QED) is 0.609. The standard InChI is InChI=1S/C20H41N3O/c1-6-18(4)16-21(5)19-13-20(14-19)24-12-11-22-7-9-23(10-8-22)15-17(2)3/h17-20H,6-16H2,1-5H3. The smallest absolute Gasteiger partial charge is 0.0605 e. The first-order valence-corrected chi connectivity index (χ1v) is 10.2. The van der Waals surface area contributed by atoms with Gasteiger partial charge in [-0.2, -0.15) is 0 Å². The molecule has 1 saturated carbocycles. The Morgan fingerprint density at radius 2 is 1.67 bits per heavy atom. The Labute approximate surface area is 150 Å². The number of piperazine rings is 1. The van der Waals surface area contributed by atoms with E-state index < -0.39 is 0 Å². The Morgan fingerprint density at radius 1 is 1.04 bits per heavy atom. The van der Waals surface area contributed by atoms with Crippen molar-refractivity contribution in [2.75, 3.05) is 59.5 Å². The molecule has 1 heterocycles. The molecule has 0 N–H and O–H groups in total. The van der Waals surface area contributed by atoms with E-state index >= 15 is 0 Å². The van der Waals surface area contributed by atoms with Crippen LogP contribution in [0.3, 0.4) is 0 Å². The summed E-state index contributed by atoms with van der Waals surface area (Å²) in [6, 6.07) is 0.753. The molecule has 4 nitrogen and oxygen atoms in total. The van der Waals surface area contributed by atoms with Gasteiger partial charge in [0, 0.05) is 51.9 Å². The molecular formula is C20H41N3O. The SMILES string of the molecule is CCC(C)CN(C)C1CC(OCCN2CCN(CC(C)C)CC2)C1. The monoisotopic (exact) mass is 339 g/mol. The van der Waals surface area contributed by atoms with Gasteiger partial charge in [0.2, 0.25) is 0 Å². The van der Waals surface area contributed by atoms with Gasteiger partial charge < -0.3 is 14.5 Å². The minimum atomic E-state index is 0.511. The van der Waals surface area contributed by atoms with E-state index in [1.54, 1.807) is 0 Å². The number of nitrogens with zero attached hydrogens (tertiary/aromatic N) is 3. The molecule has 2 fully saturated rings. The largest absolute Gasteiger partial charge is 0.377 e. The van der Waals surface area contributed by atoms with Gasteiger partial charge in [-0.25, -0.2) is 0 Å². The van der Waals surface area contributed by atoms with Crippen molar-refractivity contribution in [3.8, 4) is 0 Å². The molecule has 1 unspecified atom stereocenters. The Hall–Kier alpha value is -0.160. The Morgan fingerprint density at radius 3 is 2.25 bits per heavy atom. The van der Waals surface area contributed by atoms with E-state index in [2.05, 4.69) is 49.4 Å². The fraction of sp³-hybridized carbons (Fsp3) is 1.00.